The molecule has 2 aromatic heterocycles. The van der Waals surface area contributed by atoms with Gasteiger partial charge in [0.05, 0.1) is 11.9 Å². The minimum atomic E-state index is -4.53. The quantitative estimate of drug-likeness (QED) is 0.759. The number of halogens is 4. The van der Waals surface area contributed by atoms with Crippen LogP contribution in [0.4, 0.5) is 24.8 Å². The third-order valence-corrected chi connectivity index (χ3v) is 3.39. The van der Waals surface area contributed by atoms with Crippen molar-refractivity contribution >= 4 is 23.2 Å². The van der Waals surface area contributed by atoms with Crippen LogP contribution in [0.3, 0.4) is 0 Å². The van der Waals surface area contributed by atoms with Crippen LogP contribution in [0, 0.1) is 6.92 Å². The zero-order valence-corrected chi connectivity index (χ0v) is 13.1. The Balaban J connectivity index is 1.94. The maximum Gasteiger partial charge on any atom is 0.433 e. The van der Waals surface area contributed by atoms with E-state index in [-0.39, 0.29) is 5.95 Å². The van der Waals surface area contributed by atoms with Crippen LogP contribution < -0.4 is 5.32 Å². The van der Waals surface area contributed by atoms with E-state index in [9.17, 15) is 13.2 Å². The number of aryl methyl sites for hydroxylation is 1. The molecule has 0 fully saturated rings. The fraction of sp³-hybridized carbons (Fsp3) is 0.133. The summed E-state index contributed by atoms with van der Waals surface area (Å²) in [4.78, 5) is 7.30. The van der Waals surface area contributed by atoms with Gasteiger partial charge in [-0.2, -0.15) is 18.3 Å². The highest BCUT2D eigenvalue weighted by molar-refractivity contribution is 6.29. The first-order valence-electron chi connectivity index (χ1n) is 6.82. The van der Waals surface area contributed by atoms with E-state index in [2.05, 4.69) is 20.4 Å². The molecule has 24 heavy (non-hydrogen) atoms. The summed E-state index contributed by atoms with van der Waals surface area (Å²) in [5.74, 6) is -0.145. The first kappa shape index (κ1) is 16.3. The number of benzene rings is 1. The van der Waals surface area contributed by atoms with Gasteiger partial charge in [-0.1, -0.05) is 11.6 Å². The van der Waals surface area contributed by atoms with Crippen LogP contribution >= 0.6 is 11.6 Å². The summed E-state index contributed by atoms with van der Waals surface area (Å²) in [6.45, 7) is 1.85. The number of aromatic nitrogens is 4. The molecule has 9 heteroatoms. The molecule has 0 radical (unpaired) electrons. The number of anilines is 2. The van der Waals surface area contributed by atoms with Crippen LogP contribution in [0.15, 0.2) is 42.7 Å². The first-order valence-corrected chi connectivity index (χ1v) is 7.19. The number of hydrogen-bond donors (Lipinski definition) is 1. The highest BCUT2D eigenvalue weighted by Crippen LogP contribution is 2.28. The minimum absolute atomic E-state index is 0.145. The smallest absolute Gasteiger partial charge is 0.324 e. The molecule has 0 saturated carbocycles. The summed E-state index contributed by atoms with van der Waals surface area (Å²) in [6, 6.07) is 7.74. The van der Waals surface area contributed by atoms with Crippen molar-refractivity contribution in [3.8, 4) is 5.69 Å². The summed E-state index contributed by atoms with van der Waals surface area (Å²) in [6.07, 6.45) is -1.92. The molecule has 0 aliphatic heterocycles. The third-order valence-electron chi connectivity index (χ3n) is 3.11. The second kappa shape index (κ2) is 6.12. The Morgan fingerprint density at radius 3 is 2.58 bits per heavy atom. The predicted molar refractivity (Wildman–Crippen MR) is 83.6 cm³/mol. The monoisotopic (exact) mass is 353 g/mol. The molecule has 0 amide bonds. The van der Waals surface area contributed by atoms with Crippen molar-refractivity contribution in [2.24, 2.45) is 0 Å². The van der Waals surface area contributed by atoms with Gasteiger partial charge < -0.3 is 5.32 Å². The van der Waals surface area contributed by atoms with E-state index < -0.39 is 11.9 Å². The summed E-state index contributed by atoms with van der Waals surface area (Å²) in [5.41, 5.74) is 1.05. The fourth-order valence-electron chi connectivity index (χ4n) is 2.14. The van der Waals surface area contributed by atoms with Crippen LogP contribution in [0.5, 0.6) is 0 Å². The second-order valence-corrected chi connectivity index (χ2v) is 5.40. The molecular weight excluding hydrogens is 343 g/mol. The molecule has 0 saturated heterocycles. The Morgan fingerprint density at radius 1 is 1.12 bits per heavy atom. The van der Waals surface area contributed by atoms with E-state index in [1.54, 1.807) is 24.4 Å². The molecule has 1 N–H and O–H groups in total. The van der Waals surface area contributed by atoms with Crippen LogP contribution in [0.1, 0.15) is 11.3 Å². The normalized spacial score (nSPS) is 11.5. The fourth-order valence-corrected chi connectivity index (χ4v) is 2.34. The number of hydrogen-bond acceptors (Lipinski definition) is 4. The van der Waals surface area contributed by atoms with Gasteiger partial charge in [-0.05, 0) is 42.8 Å². The molecule has 3 rings (SSSR count). The van der Waals surface area contributed by atoms with Gasteiger partial charge in [-0.3, -0.25) is 0 Å². The molecule has 0 atom stereocenters. The lowest BCUT2D eigenvalue weighted by Gasteiger charge is -2.11. The highest BCUT2D eigenvalue weighted by atomic mass is 35.5. The summed E-state index contributed by atoms with van der Waals surface area (Å²) in [5, 5.41) is 7.29. The zero-order valence-electron chi connectivity index (χ0n) is 12.3. The first-order chi connectivity index (χ1) is 11.3. The summed E-state index contributed by atoms with van der Waals surface area (Å²) in [7, 11) is 0. The lowest BCUT2D eigenvalue weighted by Crippen LogP contribution is -2.10. The van der Waals surface area contributed by atoms with Crippen molar-refractivity contribution in [2.75, 3.05) is 5.32 Å². The summed E-state index contributed by atoms with van der Waals surface area (Å²) < 4.78 is 39.7. The van der Waals surface area contributed by atoms with Gasteiger partial charge in [0.25, 0.3) is 0 Å². The lowest BCUT2D eigenvalue weighted by molar-refractivity contribution is -0.141. The molecule has 2 heterocycles. The van der Waals surface area contributed by atoms with E-state index in [0.717, 1.165) is 17.8 Å². The number of nitrogens with zero attached hydrogens (tertiary/aromatic N) is 4. The van der Waals surface area contributed by atoms with E-state index in [4.69, 9.17) is 11.6 Å². The Kier molecular flexibility index (Phi) is 4.15. The lowest BCUT2D eigenvalue weighted by atomic mass is 10.2. The zero-order chi connectivity index (χ0) is 17.3. The van der Waals surface area contributed by atoms with Crippen molar-refractivity contribution in [1.82, 2.24) is 19.7 Å². The van der Waals surface area contributed by atoms with Gasteiger partial charge in [0.2, 0.25) is 5.95 Å². The van der Waals surface area contributed by atoms with Crippen LogP contribution in [0.25, 0.3) is 5.69 Å². The van der Waals surface area contributed by atoms with E-state index in [1.807, 2.05) is 13.0 Å². The van der Waals surface area contributed by atoms with Crippen molar-refractivity contribution in [1.29, 1.82) is 0 Å². The average Bonchev–Trinajstić information content (AvgIpc) is 2.92. The van der Waals surface area contributed by atoms with Crippen molar-refractivity contribution < 1.29 is 13.2 Å². The maximum absolute atomic E-state index is 12.7. The molecule has 5 nitrogen and oxygen atoms in total. The molecule has 124 valence electrons. The highest BCUT2D eigenvalue weighted by Gasteiger charge is 2.32. The molecular formula is C15H11ClF3N5. The molecule has 1 aromatic carbocycles. The molecule has 3 aromatic rings. The van der Waals surface area contributed by atoms with Gasteiger partial charge in [-0.15, -0.1) is 0 Å². The Labute approximate surface area is 140 Å². The Morgan fingerprint density at radius 2 is 1.92 bits per heavy atom. The largest absolute Gasteiger partial charge is 0.433 e. The second-order valence-electron chi connectivity index (χ2n) is 5.01. The van der Waals surface area contributed by atoms with Gasteiger partial charge in [0.1, 0.15) is 10.8 Å². The van der Waals surface area contributed by atoms with E-state index >= 15 is 0 Å². The van der Waals surface area contributed by atoms with Crippen LogP contribution in [-0.2, 0) is 6.18 Å². The van der Waals surface area contributed by atoms with E-state index in [1.165, 1.54) is 4.68 Å². The average molecular weight is 354 g/mol. The number of alkyl halides is 3. The van der Waals surface area contributed by atoms with Gasteiger partial charge in [0, 0.05) is 11.9 Å². The number of rotatable bonds is 3. The molecule has 0 aliphatic rings. The molecule has 0 unspecified atom stereocenters. The van der Waals surface area contributed by atoms with Gasteiger partial charge in [-0.25, -0.2) is 14.6 Å². The molecule has 0 spiro atoms. The van der Waals surface area contributed by atoms with Crippen LogP contribution in [0.2, 0.25) is 5.15 Å². The Hall–Kier alpha value is -2.61. The topological polar surface area (TPSA) is 55.6 Å². The van der Waals surface area contributed by atoms with Crippen molar-refractivity contribution in [2.45, 2.75) is 13.1 Å². The SMILES string of the molecule is Cc1cc(Nc2nccc(C(F)(F)F)n2)cc(-n2nccc2Cl)c1. The standard InChI is InChI=1S/C15H11ClF3N5/c1-9-6-10(8-11(7-9)24-13(16)3-5-21-24)22-14-20-4-2-12(23-14)15(17,18)19/h2-8H,1H3,(H,20,22,23). The van der Waals surface area contributed by atoms with Crippen molar-refractivity contribution in [3.05, 3.63) is 59.1 Å². The molecule has 0 bridgehead atoms. The minimum Gasteiger partial charge on any atom is -0.324 e. The predicted octanol–water partition coefficient (Wildman–Crippen LogP) is 4.39. The van der Waals surface area contributed by atoms with Gasteiger partial charge >= 0.3 is 6.18 Å². The van der Waals surface area contributed by atoms with Crippen molar-refractivity contribution in [3.63, 3.8) is 0 Å². The third kappa shape index (κ3) is 3.48. The van der Waals surface area contributed by atoms with E-state index in [0.29, 0.717) is 16.5 Å². The maximum atomic E-state index is 12.7. The number of nitrogens with one attached hydrogen (secondary N) is 1. The van der Waals surface area contributed by atoms with Gasteiger partial charge in [0.15, 0.2) is 0 Å². The van der Waals surface area contributed by atoms with Crippen LogP contribution in [-0.4, -0.2) is 19.7 Å². The molecule has 0 aliphatic carbocycles. The Bertz CT molecular complexity index is 876. The summed E-state index contributed by atoms with van der Waals surface area (Å²) >= 11 is 6.04.